The van der Waals surface area contributed by atoms with Crippen molar-refractivity contribution in [2.75, 3.05) is 5.75 Å². The summed E-state index contributed by atoms with van der Waals surface area (Å²) in [7, 11) is 0. The number of ether oxygens (including phenoxy) is 2. The number of aliphatic hydroxyl groups excluding tert-OH is 1. The van der Waals surface area contributed by atoms with Crippen molar-refractivity contribution in [3.63, 3.8) is 0 Å². The first kappa shape index (κ1) is 25.5. The molecule has 1 saturated heterocycles. The van der Waals surface area contributed by atoms with Crippen molar-refractivity contribution in [3.05, 3.63) is 48.2 Å². The van der Waals surface area contributed by atoms with Gasteiger partial charge in [-0.1, -0.05) is 56.7 Å². The van der Waals surface area contributed by atoms with E-state index >= 15 is 0 Å². The van der Waals surface area contributed by atoms with E-state index in [2.05, 4.69) is 25.8 Å². The van der Waals surface area contributed by atoms with E-state index in [1.54, 1.807) is 18.3 Å². The number of hydrogen-bond donors (Lipinski definition) is 1. The zero-order chi connectivity index (χ0) is 26.0. The second-order valence-corrected chi connectivity index (χ2v) is 13.0. The lowest BCUT2D eigenvalue weighted by Gasteiger charge is -2.59. The second-order valence-electron chi connectivity index (χ2n) is 12.0. The van der Waals surface area contributed by atoms with Crippen LogP contribution < -0.4 is 0 Å². The molecular formula is C30H37NO5S. The average molecular weight is 524 g/mol. The molecule has 1 N–H and O–H groups in total. The highest BCUT2D eigenvalue weighted by Gasteiger charge is 2.75. The number of Topliss-reactive ketones (excluding diaryl/α,β-unsaturated/α-hetero) is 1. The summed E-state index contributed by atoms with van der Waals surface area (Å²) in [6, 6.07) is 5.72. The Balaban J connectivity index is 1.35. The fourth-order valence-electron chi connectivity index (χ4n) is 8.68. The molecule has 1 aromatic rings. The Labute approximate surface area is 223 Å². The van der Waals surface area contributed by atoms with Crippen LogP contribution >= 0.6 is 11.8 Å². The summed E-state index contributed by atoms with van der Waals surface area (Å²) in [5, 5.41) is 12.6. The number of fused-ring (bicyclic) bond motifs is 7. The number of carbonyl (C=O) groups is 2. The molecule has 3 saturated carbocycles. The summed E-state index contributed by atoms with van der Waals surface area (Å²) in [5.41, 5.74) is -0.807. The smallest absolute Gasteiger partial charge is 0.178 e. The van der Waals surface area contributed by atoms with Gasteiger partial charge >= 0.3 is 0 Å². The predicted molar refractivity (Wildman–Crippen MR) is 141 cm³/mol. The maximum Gasteiger partial charge on any atom is 0.178 e. The highest BCUT2D eigenvalue weighted by molar-refractivity contribution is 7.99. The molecule has 0 spiro atoms. The molecule has 198 valence electrons. The number of carbonyl (C=O) groups excluding carboxylic acids is 2. The molecule has 1 aliphatic heterocycles. The quantitative estimate of drug-likeness (QED) is 0.530. The zero-order valence-corrected chi connectivity index (χ0v) is 22.7. The van der Waals surface area contributed by atoms with Crippen LogP contribution in [0, 0.1) is 28.6 Å². The Bertz CT molecular complexity index is 1150. The minimum atomic E-state index is -1.07. The molecule has 4 aliphatic carbocycles. The van der Waals surface area contributed by atoms with E-state index in [0.717, 1.165) is 42.7 Å². The summed E-state index contributed by atoms with van der Waals surface area (Å²) in [4.78, 5) is 30.7. The van der Waals surface area contributed by atoms with Crippen molar-refractivity contribution in [1.29, 1.82) is 0 Å². The Morgan fingerprint density at radius 2 is 2.14 bits per heavy atom. The number of pyridine rings is 1. The third-order valence-corrected chi connectivity index (χ3v) is 11.2. The van der Waals surface area contributed by atoms with Crippen molar-refractivity contribution in [2.45, 2.75) is 88.4 Å². The van der Waals surface area contributed by atoms with Gasteiger partial charge in [-0.15, -0.1) is 0 Å². The number of aliphatic hydroxyl groups is 1. The van der Waals surface area contributed by atoms with Crippen LogP contribution in [0.25, 0.3) is 0 Å². The number of allylic oxidation sites excluding steroid dienone is 4. The highest BCUT2D eigenvalue weighted by Crippen LogP contribution is 2.69. The monoisotopic (exact) mass is 523 g/mol. The normalized spacial score (nSPS) is 44.0. The predicted octanol–water partition coefficient (Wildman–Crippen LogP) is 4.91. The van der Waals surface area contributed by atoms with Gasteiger partial charge in [-0.3, -0.25) is 9.59 Å². The van der Waals surface area contributed by atoms with Gasteiger partial charge in [-0.25, -0.2) is 4.98 Å². The number of nitrogens with zero attached hydrogens (tertiary/aromatic N) is 1. The van der Waals surface area contributed by atoms with E-state index in [4.69, 9.17) is 9.47 Å². The molecule has 5 aliphatic rings. The molecule has 6 nitrogen and oxygen atoms in total. The van der Waals surface area contributed by atoms with Gasteiger partial charge in [-0.2, -0.15) is 0 Å². The van der Waals surface area contributed by atoms with Crippen LogP contribution in [0.1, 0.15) is 59.3 Å². The first-order valence-electron chi connectivity index (χ1n) is 13.8. The van der Waals surface area contributed by atoms with Crippen LogP contribution in [0.2, 0.25) is 0 Å². The van der Waals surface area contributed by atoms with Crippen molar-refractivity contribution >= 4 is 23.3 Å². The molecule has 6 rings (SSSR count). The van der Waals surface area contributed by atoms with Gasteiger partial charge in [0.2, 0.25) is 0 Å². The second kappa shape index (κ2) is 9.15. The van der Waals surface area contributed by atoms with E-state index in [9.17, 15) is 14.7 Å². The lowest BCUT2D eigenvalue weighted by atomic mass is 9.46. The van der Waals surface area contributed by atoms with Crippen LogP contribution in [0.15, 0.2) is 53.2 Å². The number of hydrogen-bond acceptors (Lipinski definition) is 7. The van der Waals surface area contributed by atoms with Gasteiger partial charge in [0.1, 0.15) is 0 Å². The van der Waals surface area contributed by atoms with Crippen LogP contribution in [-0.4, -0.2) is 51.5 Å². The molecule has 7 heteroatoms. The topological polar surface area (TPSA) is 85.7 Å². The fourth-order valence-corrected chi connectivity index (χ4v) is 9.49. The molecule has 9 atom stereocenters. The van der Waals surface area contributed by atoms with E-state index in [-0.39, 0.29) is 46.6 Å². The number of thioether (sulfide) groups is 1. The Morgan fingerprint density at radius 1 is 1.30 bits per heavy atom. The lowest BCUT2D eigenvalue weighted by molar-refractivity contribution is -0.197. The fraction of sp³-hybridized carbons (Fsp3) is 0.633. The van der Waals surface area contributed by atoms with Crippen LogP contribution in [0.5, 0.6) is 0 Å². The molecule has 0 aromatic carbocycles. The Morgan fingerprint density at radius 3 is 2.89 bits per heavy atom. The number of rotatable bonds is 6. The Hall–Kier alpha value is -1.80. The standard InChI is InChI=1S/C30H37NO5S/c1-4-7-26-35-24-15-21-20-10-9-18-14-19(32)11-12-28(18,2)27(20)22(33)16-29(21,3)30(24,36-26)23(34)17-37-25-8-5-6-13-31-25/h5-6,8,11-14,20-22,24,26-27,33H,4,7,9-10,15-17H2,1-3H3/t20?,21?,22?,24-,26+,27?,28?,29?,30-/m1/s1. The zero-order valence-electron chi connectivity index (χ0n) is 21.9. The summed E-state index contributed by atoms with van der Waals surface area (Å²) in [5.74, 6) is 0.780. The van der Waals surface area contributed by atoms with Gasteiger partial charge in [0.05, 0.1) is 23.0 Å². The number of ketones is 2. The third-order valence-electron chi connectivity index (χ3n) is 10.2. The van der Waals surface area contributed by atoms with Gasteiger partial charge in [0, 0.05) is 22.9 Å². The minimum Gasteiger partial charge on any atom is -0.393 e. The maximum atomic E-state index is 14.2. The van der Waals surface area contributed by atoms with Gasteiger partial charge < -0.3 is 14.6 Å². The first-order valence-corrected chi connectivity index (χ1v) is 14.7. The molecule has 6 unspecified atom stereocenters. The lowest BCUT2D eigenvalue weighted by Crippen LogP contribution is -2.63. The molecule has 4 fully saturated rings. The minimum absolute atomic E-state index is 0.00948. The van der Waals surface area contributed by atoms with E-state index in [1.165, 1.54) is 11.8 Å². The molecule has 0 bridgehead atoms. The molecule has 1 aromatic heterocycles. The van der Waals surface area contributed by atoms with Crippen molar-refractivity contribution < 1.29 is 24.2 Å². The van der Waals surface area contributed by atoms with Crippen molar-refractivity contribution in [1.82, 2.24) is 4.98 Å². The van der Waals surface area contributed by atoms with E-state index < -0.39 is 23.4 Å². The summed E-state index contributed by atoms with van der Waals surface area (Å²) >= 11 is 1.44. The number of aromatic nitrogens is 1. The molecule has 37 heavy (non-hydrogen) atoms. The average Bonchev–Trinajstić information content (AvgIpc) is 3.35. The van der Waals surface area contributed by atoms with Crippen LogP contribution in [0.4, 0.5) is 0 Å². The van der Waals surface area contributed by atoms with Crippen molar-refractivity contribution in [2.24, 2.45) is 28.6 Å². The first-order chi connectivity index (χ1) is 17.7. The third kappa shape index (κ3) is 3.68. The largest absolute Gasteiger partial charge is 0.393 e. The van der Waals surface area contributed by atoms with E-state index in [0.29, 0.717) is 6.42 Å². The van der Waals surface area contributed by atoms with Gasteiger partial charge in [-0.05, 0) is 68.2 Å². The van der Waals surface area contributed by atoms with Gasteiger partial charge in [0.25, 0.3) is 0 Å². The molecular weight excluding hydrogens is 486 g/mol. The van der Waals surface area contributed by atoms with Gasteiger partial charge in [0.15, 0.2) is 23.5 Å². The SMILES string of the molecule is CCC[C@H]1O[C@@H]2CC3C4CCC5=CC(=O)C=CC5(C)C4C(O)CC3(C)[C@]2(C(=O)CSc2ccccn2)O1. The van der Waals surface area contributed by atoms with Crippen LogP contribution in [-0.2, 0) is 19.1 Å². The summed E-state index contributed by atoms with van der Waals surface area (Å²) in [6.07, 6.45) is 10.6. The Kier molecular flexibility index (Phi) is 6.30. The molecule has 0 amide bonds. The maximum absolute atomic E-state index is 14.2. The summed E-state index contributed by atoms with van der Waals surface area (Å²) in [6.45, 7) is 6.45. The molecule has 0 radical (unpaired) electrons. The highest BCUT2D eigenvalue weighted by atomic mass is 32.2. The summed E-state index contributed by atoms with van der Waals surface area (Å²) < 4.78 is 13.2. The van der Waals surface area contributed by atoms with Crippen molar-refractivity contribution in [3.8, 4) is 0 Å². The molecule has 2 heterocycles. The van der Waals surface area contributed by atoms with E-state index in [1.807, 2.05) is 24.3 Å². The van der Waals surface area contributed by atoms with Crippen LogP contribution in [0.3, 0.4) is 0 Å².